The lowest BCUT2D eigenvalue weighted by molar-refractivity contribution is 0.726. The fourth-order valence-electron chi connectivity index (χ4n) is 0.923. The zero-order valence-corrected chi connectivity index (χ0v) is 7.31. The zero-order chi connectivity index (χ0) is 8.10. The van der Waals surface area contributed by atoms with Gasteiger partial charge in [-0.05, 0) is 12.6 Å². The van der Waals surface area contributed by atoms with E-state index in [9.17, 15) is 0 Å². The predicted octanol–water partition coefficient (Wildman–Crippen LogP) is 2.01. The number of benzene rings is 1. The first-order chi connectivity index (χ1) is 5.33. The van der Waals surface area contributed by atoms with Crippen molar-refractivity contribution in [1.29, 1.82) is 0 Å². The van der Waals surface area contributed by atoms with Crippen LogP contribution in [0.4, 0.5) is 0 Å². The van der Waals surface area contributed by atoms with Crippen LogP contribution in [-0.2, 0) is 6.42 Å². The highest BCUT2D eigenvalue weighted by molar-refractivity contribution is 6.20. The van der Waals surface area contributed by atoms with Crippen LogP contribution in [0.5, 0.6) is 0 Å². The van der Waals surface area contributed by atoms with Gasteiger partial charge in [0.25, 0.3) is 0 Å². The summed E-state index contributed by atoms with van der Waals surface area (Å²) in [6.07, 6.45) is 0.874. The number of hydrogen-bond acceptors (Lipinski definition) is 1. The van der Waals surface area contributed by atoms with Crippen LogP contribution in [0.1, 0.15) is 5.56 Å². The Kier molecular flexibility index (Phi) is 3.40. The van der Waals surface area contributed by atoms with Gasteiger partial charge in [-0.3, -0.25) is 0 Å². The number of alkyl halides is 1. The molecule has 0 saturated heterocycles. The van der Waals surface area contributed by atoms with E-state index in [1.807, 2.05) is 25.2 Å². The molecule has 1 aromatic rings. The first kappa shape index (κ1) is 8.57. The second-order valence-corrected chi connectivity index (χ2v) is 2.97. The van der Waals surface area contributed by atoms with E-state index in [2.05, 4.69) is 17.4 Å². The number of hydrogen-bond donors (Lipinski definition) is 1. The van der Waals surface area contributed by atoms with Crippen LogP contribution < -0.4 is 5.32 Å². The number of rotatable bonds is 3. The third-order valence-corrected chi connectivity index (χ3v) is 1.94. The average molecular weight is 170 g/mol. The van der Waals surface area contributed by atoms with E-state index in [4.69, 9.17) is 11.6 Å². The molecule has 1 N–H and O–H groups in total. The van der Waals surface area contributed by atoms with Crippen molar-refractivity contribution in [3.05, 3.63) is 35.9 Å². The van der Waals surface area contributed by atoms with Crippen molar-refractivity contribution in [3.8, 4) is 0 Å². The fraction of sp³-hybridized carbons (Fsp3) is 0.333. The molecule has 60 valence electrons. The van der Waals surface area contributed by atoms with Crippen LogP contribution in [-0.4, -0.2) is 12.5 Å². The van der Waals surface area contributed by atoms with Crippen LogP contribution in [0.15, 0.2) is 30.3 Å². The van der Waals surface area contributed by atoms with Crippen molar-refractivity contribution >= 4 is 11.6 Å². The van der Waals surface area contributed by atoms with Gasteiger partial charge in [-0.1, -0.05) is 30.3 Å². The molecule has 0 fully saturated rings. The fourth-order valence-corrected chi connectivity index (χ4v) is 1.10. The third-order valence-electron chi connectivity index (χ3n) is 1.57. The van der Waals surface area contributed by atoms with Gasteiger partial charge in [0.15, 0.2) is 0 Å². The van der Waals surface area contributed by atoms with E-state index in [-0.39, 0.29) is 5.50 Å². The smallest absolute Gasteiger partial charge is 0.0863 e. The Morgan fingerprint density at radius 1 is 1.36 bits per heavy atom. The van der Waals surface area contributed by atoms with Gasteiger partial charge >= 0.3 is 0 Å². The van der Waals surface area contributed by atoms with Gasteiger partial charge in [0.05, 0.1) is 5.50 Å². The summed E-state index contributed by atoms with van der Waals surface area (Å²) in [7, 11) is 1.86. The maximum absolute atomic E-state index is 5.89. The van der Waals surface area contributed by atoms with Gasteiger partial charge in [0.1, 0.15) is 0 Å². The van der Waals surface area contributed by atoms with Crippen LogP contribution in [0.3, 0.4) is 0 Å². The highest BCUT2D eigenvalue weighted by Gasteiger charge is 2.00. The van der Waals surface area contributed by atoms with E-state index in [1.165, 1.54) is 5.56 Å². The number of halogens is 1. The average Bonchev–Trinajstić information content (AvgIpc) is 2.06. The highest BCUT2D eigenvalue weighted by Crippen LogP contribution is 2.04. The van der Waals surface area contributed by atoms with Gasteiger partial charge in [-0.15, -0.1) is 11.6 Å². The minimum absolute atomic E-state index is 0.0393. The maximum Gasteiger partial charge on any atom is 0.0863 e. The van der Waals surface area contributed by atoms with Crippen molar-refractivity contribution < 1.29 is 0 Å². The largest absolute Gasteiger partial charge is 0.304 e. The molecule has 0 saturated carbocycles. The van der Waals surface area contributed by atoms with Crippen LogP contribution in [0.25, 0.3) is 0 Å². The van der Waals surface area contributed by atoms with Crippen molar-refractivity contribution in [1.82, 2.24) is 5.32 Å². The highest BCUT2D eigenvalue weighted by atomic mass is 35.5. The molecule has 0 aliphatic rings. The van der Waals surface area contributed by atoms with Crippen LogP contribution in [0.2, 0.25) is 0 Å². The molecule has 1 rings (SSSR count). The molecule has 1 aromatic carbocycles. The summed E-state index contributed by atoms with van der Waals surface area (Å²) in [5.41, 5.74) is 1.30. The van der Waals surface area contributed by atoms with Crippen LogP contribution in [0, 0.1) is 0 Å². The SMILES string of the molecule is CNC(Cl)Cc1ccccc1. The lowest BCUT2D eigenvalue weighted by atomic mass is 10.1. The van der Waals surface area contributed by atoms with E-state index in [1.54, 1.807) is 0 Å². The number of likely N-dealkylation sites (N-methyl/N-ethyl adjacent to an activating group) is 1. The Balaban J connectivity index is 2.51. The Morgan fingerprint density at radius 3 is 2.55 bits per heavy atom. The molecule has 0 amide bonds. The predicted molar refractivity (Wildman–Crippen MR) is 48.8 cm³/mol. The Bertz CT molecular complexity index is 198. The molecule has 11 heavy (non-hydrogen) atoms. The van der Waals surface area contributed by atoms with Crippen molar-refractivity contribution in [2.24, 2.45) is 0 Å². The molecule has 0 spiro atoms. The molecule has 0 radical (unpaired) electrons. The van der Waals surface area contributed by atoms with E-state index in [0.29, 0.717) is 0 Å². The van der Waals surface area contributed by atoms with Crippen molar-refractivity contribution in [2.75, 3.05) is 7.05 Å². The summed E-state index contributed by atoms with van der Waals surface area (Å²) >= 11 is 5.89. The second kappa shape index (κ2) is 4.37. The summed E-state index contributed by atoms with van der Waals surface area (Å²) < 4.78 is 0. The normalized spacial score (nSPS) is 12.9. The molecule has 0 bridgehead atoms. The van der Waals surface area contributed by atoms with E-state index < -0.39 is 0 Å². The topological polar surface area (TPSA) is 12.0 Å². The minimum atomic E-state index is 0.0393. The Labute approximate surface area is 72.4 Å². The Morgan fingerprint density at radius 2 is 2.00 bits per heavy atom. The second-order valence-electron chi connectivity index (χ2n) is 2.45. The molecule has 1 unspecified atom stereocenters. The van der Waals surface area contributed by atoms with Crippen LogP contribution >= 0.6 is 11.6 Å². The third kappa shape index (κ3) is 2.91. The summed E-state index contributed by atoms with van der Waals surface area (Å²) in [4.78, 5) is 0. The molecule has 2 heteroatoms. The number of nitrogens with one attached hydrogen (secondary N) is 1. The first-order valence-electron chi connectivity index (χ1n) is 3.68. The Hall–Kier alpha value is -0.530. The molecule has 1 nitrogen and oxygen atoms in total. The molecule has 0 aromatic heterocycles. The summed E-state index contributed by atoms with van der Waals surface area (Å²) in [6.45, 7) is 0. The van der Waals surface area contributed by atoms with Crippen molar-refractivity contribution in [3.63, 3.8) is 0 Å². The van der Waals surface area contributed by atoms with Gasteiger partial charge < -0.3 is 5.32 Å². The van der Waals surface area contributed by atoms with E-state index in [0.717, 1.165) is 6.42 Å². The summed E-state index contributed by atoms with van der Waals surface area (Å²) in [6, 6.07) is 10.2. The maximum atomic E-state index is 5.89. The zero-order valence-electron chi connectivity index (χ0n) is 6.55. The molecule has 0 aliphatic carbocycles. The van der Waals surface area contributed by atoms with Gasteiger partial charge in [0.2, 0.25) is 0 Å². The van der Waals surface area contributed by atoms with E-state index >= 15 is 0 Å². The summed E-state index contributed by atoms with van der Waals surface area (Å²) in [5.74, 6) is 0. The molecular weight excluding hydrogens is 158 g/mol. The summed E-state index contributed by atoms with van der Waals surface area (Å²) in [5, 5.41) is 2.98. The van der Waals surface area contributed by atoms with Gasteiger partial charge in [0, 0.05) is 6.42 Å². The standard InChI is InChI=1S/C9H12ClN/c1-11-9(10)7-8-5-3-2-4-6-8/h2-6,9,11H,7H2,1H3. The lowest BCUT2D eigenvalue weighted by Gasteiger charge is -2.06. The quantitative estimate of drug-likeness (QED) is 0.539. The molecular formula is C9H12ClN. The van der Waals surface area contributed by atoms with Crippen molar-refractivity contribution in [2.45, 2.75) is 11.9 Å². The first-order valence-corrected chi connectivity index (χ1v) is 4.12. The minimum Gasteiger partial charge on any atom is -0.304 e. The monoisotopic (exact) mass is 169 g/mol. The molecule has 0 heterocycles. The molecule has 1 atom stereocenters. The lowest BCUT2D eigenvalue weighted by Crippen LogP contribution is -2.20. The molecule has 0 aliphatic heterocycles. The van der Waals surface area contributed by atoms with Gasteiger partial charge in [-0.2, -0.15) is 0 Å². The van der Waals surface area contributed by atoms with Gasteiger partial charge in [-0.25, -0.2) is 0 Å².